The van der Waals surface area contributed by atoms with Gasteiger partial charge in [-0.15, -0.1) is 0 Å². The number of anilines is 1. The van der Waals surface area contributed by atoms with Crippen LogP contribution in [0, 0.1) is 0 Å². The fourth-order valence-electron chi connectivity index (χ4n) is 3.46. The Labute approximate surface area is 145 Å². The predicted octanol–water partition coefficient (Wildman–Crippen LogP) is 2.47. The number of fused-ring (bicyclic) bond motifs is 2. The van der Waals surface area contributed by atoms with Crippen LogP contribution in [-0.4, -0.2) is 37.3 Å². The number of nitrogens with one attached hydrogen (secondary N) is 2. The van der Waals surface area contributed by atoms with Crippen molar-refractivity contribution in [2.75, 3.05) is 11.9 Å². The topological polar surface area (TPSA) is 86.2 Å². The van der Waals surface area contributed by atoms with Crippen LogP contribution in [0.2, 0.25) is 0 Å². The second-order valence-electron chi connectivity index (χ2n) is 6.23. The Balaban J connectivity index is 1.52. The highest BCUT2D eigenvalue weighted by atomic mass is 16.3. The lowest BCUT2D eigenvalue weighted by Gasteiger charge is -2.28. The van der Waals surface area contributed by atoms with Crippen molar-refractivity contribution in [2.24, 2.45) is 0 Å². The van der Waals surface area contributed by atoms with Crippen LogP contribution in [0.1, 0.15) is 23.9 Å². The summed E-state index contributed by atoms with van der Waals surface area (Å²) < 4.78 is 1.93. The van der Waals surface area contributed by atoms with E-state index >= 15 is 0 Å². The first-order chi connectivity index (χ1) is 12.2. The maximum Gasteiger partial charge on any atom is 0.322 e. The molecule has 0 radical (unpaired) electrons. The Hall–Kier alpha value is -2.80. The van der Waals surface area contributed by atoms with E-state index in [-0.39, 0.29) is 12.6 Å². The van der Waals surface area contributed by atoms with Gasteiger partial charge in [-0.2, -0.15) is 5.10 Å². The molecule has 0 unspecified atom stereocenters. The number of hydrogen-bond donors (Lipinski definition) is 3. The molecule has 1 aromatic carbocycles. The largest absolute Gasteiger partial charge is 0.390 e. The zero-order valence-corrected chi connectivity index (χ0v) is 14.1. The van der Waals surface area contributed by atoms with Crippen LogP contribution >= 0.6 is 0 Å². The Morgan fingerprint density at radius 3 is 3.08 bits per heavy atom. The molecule has 3 N–H and O–H groups in total. The number of H-pyrrole nitrogens is 1. The number of rotatable bonds is 3. The quantitative estimate of drug-likeness (QED) is 0.685. The van der Waals surface area contributed by atoms with Gasteiger partial charge in [-0.05, 0) is 31.2 Å². The van der Waals surface area contributed by atoms with Crippen LogP contribution in [0.15, 0.2) is 30.5 Å². The van der Waals surface area contributed by atoms with Gasteiger partial charge in [0.15, 0.2) is 0 Å². The van der Waals surface area contributed by atoms with Gasteiger partial charge in [0.25, 0.3) is 0 Å². The molecule has 1 aliphatic rings. The number of amides is 2. The van der Waals surface area contributed by atoms with Gasteiger partial charge in [0.2, 0.25) is 0 Å². The lowest BCUT2D eigenvalue weighted by Crippen LogP contribution is -2.39. The number of hydrogen-bond acceptors (Lipinski definition) is 3. The zero-order valence-electron chi connectivity index (χ0n) is 14.1. The summed E-state index contributed by atoms with van der Waals surface area (Å²) in [5.74, 6) is 0. The third-order valence-electron chi connectivity index (χ3n) is 4.76. The van der Waals surface area contributed by atoms with E-state index in [0.29, 0.717) is 18.8 Å². The molecule has 4 rings (SSSR count). The molecule has 3 heterocycles. The number of carbonyl (C=O) groups excluding carboxylic acids is 1. The number of carbonyl (C=O) groups is 1. The molecule has 7 heteroatoms. The van der Waals surface area contributed by atoms with Crippen LogP contribution in [0.25, 0.3) is 10.9 Å². The number of benzene rings is 1. The molecule has 2 amide bonds. The van der Waals surface area contributed by atoms with Gasteiger partial charge in [0, 0.05) is 53.6 Å². The average molecular weight is 339 g/mol. The molecule has 0 bridgehead atoms. The van der Waals surface area contributed by atoms with E-state index in [1.165, 1.54) is 0 Å². The molecular weight excluding hydrogens is 318 g/mol. The van der Waals surface area contributed by atoms with Gasteiger partial charge in [0.05, 0.1) is 18.8 Å². The summed E-state index contributed by atoms with van der Waals surface area (Å²) >= 11 is 0. The minimum absolute atomic E-state index is 0.102. The lowest BCUT2D eigenvalue weighted by molar-refractivity contribution is 0.204. The van der Waals surface area contributed by atoms with Crippen LogP contribution < -0.4 is 5.32 Å². The molecule has 0 aliphatic carbocycles. The van der Waals surface area contributed by atoms with Crippen molar-refractivity contribution in [3.63, 3.8) is 0 Å². The first kappa shape index (κ1) is 15.7. The van der Waals surface area contributed by atoms with E-state index in [9.17, 15) is 9.90 Å². The van der Waals surface area contributed by atoms with Crippen LogP contribution in [0.5, 0.6) is 0 Å². The summed E-state index contributed by atoms with van der Waals surface area (Å²) in [7, 11) is 0. The van der Waals surface area contributed by atoms with E-state index in [1.807, 2.05) is 42.1 Å². The third kappa shape index (κ3) is 2.76. The second kappa shape index (κ2) is 6.25. The van der Waals surface area contributed by atoms with Crippen molar-refractivity contribution in [1.82, 2.24) is 19.7 Å². The van der Waals surface area contributed by atoms with E-state index in [1.54, 1.807) is 4.90 Å². The molecule has 0 spiro atoms. The van der Waals surface area contributed by atoms with Crippen LogP contribution in [-0.2, 0) is 26.1 Å². The summed E-state index contributed by atoms with van der Waals surface area (Å²) in [6, 6.07) is 7.64. The van der Waals surface area contributed by atoms with Crippen molar-refractivity contribution in [3.05, 3.63) is 47.4 Å². The molecular formula is C18H21N5O2. The van der Waals surface area contributed by atoms with Crippen molar-refractivity contribution in [1.29, 1.82) is 0 Å². The van der Waals surface area contributed by atoms with Crippen LogP contribution in [0.3, 0.4) is 0 Å². The third-order valence-corrected chi connectivity index (χ3v) is 4.76. The molecule has 3 aromatic rings. The number of aliphatic hydroxyl groups excluding tert-OH is 1. The number of aryl methyl sites for hydroxylation is 1. The standard InChI is InChI=1S/C18H21N5O2/c1-2-23-17-6-8-22(10-14(17)16(11-24)21-23)18(25)20-13-3-4-15-12(9-13)5-7-19-15/h3-5,7,9,19,24H,2,6,8,10-11H2,1H3,(H,20,25). The van der Waals surface area contributed by atoms with Crippen LogP contribution in [0.4, 0.5) is 10.5 Å². The number of aromatic amines is 1. The summed E-state index contributed by atoms with van der Waals surface area (Å²) in [5, 5.41) is 18.0. The fourth-order valence-corrected chi connectivity index (χ4v) is 3.46. The first-order valence-electron chi connectivity index (χ1n) is 8.51. The van der Waals surface area contributed by atoms with E-state index in [4.69, 9.17) is 0 Å². The summed E-state index contributed by atoms with van der Waals surface area (Å²) in [6.07, 6.45) is 2.63. The minimum atomic E-state index is -0.131. The monoisotopic (exact) mass is 339 g/mol. The lowest BCUT2D eigenvalue weighted by atomic mass is 10.1. The normalized spacial score (nSPS) is 13.9. The molecule has 0 saturated heterocycles. The second-order valence-corrected chi connectivity index (χ2v) is 6.23. The van der Waals surface area contributed by atoms with Gasteiger partial charge >= 0.3 is 6.03 Å². The van der Waals surface area contributed by atoms with Crippen molar-refractivity contribution in [3.8, 4) is 0 Å². The Kier molecular flexibility index (Phi) is 3.93. The smallest absolute Gasteiger partial charge is 0.322 e. The minimum Gasteiger partial charge on any atom is -0.390 e. The summed E-state index contributed by atoms with van der Waals surface area (Å²) in [6.45, 7) is 3.82. The zero-order chi connectivity index (χ0) is 17.4. The molecule has 1 aliphatic heterocycles. The molecule has 0 fully saturated rings. The average Bonchev–Trinajstić information content (AvgIpc) is 3.24. The number of aromatic nitrogens is 3. The van der Waals surface area contributed by atoms with Gasteiger partial charge < -0.3 is 20.3 Å². The van der Waals surface area contributed by atoms with E-state index in [0.717, 1.165) is 40.8 Å². The molecule has 0 saturated carbocycles. The Morgan fingerprint density at radius 2 is 2.28 bits per heavy atom. The Morgan fingerprint density at radius 1 is 1.40 bits per heavy atom. The highest BCUT2D eigenvalue weighted by molar-refractivity contribution is 5.92. The van der Waals surface area contributed by atoms with Gasteiger partial charge in [-0.1, -0.05) is 0 Å². The highest BCUT2D eigenvalue weighted by Gasteiger charge is 2.26. The first-order valence-corrected chi connectivity index (χ1v) is 8.51. The SMILES string of the molecule is CCn1nc(CO)c2c1CCN(C(=O)Nc1ccc3[nH]ccc3c1)C2. The van der Waals surface area contributed by atoms with E-state index in [2.05, 4.69) is 15.4 Å². The molecule has 2 aromatic heterocycles. The molecule has 130 valence electrons. The Bertz CT molecular complexity index is 927. The molecule has 25 heavy (non-hydrogen) atoms. The number of nitrogens with zero attached hydrogens (tertiary/aromatic N) is 3. The van der Waals surface area contributed by atoms with Crippen molar-refractivity contribution < 1.29 is 9.90 Å². The van der Waals surface area contributed by atoms with E-state index < -0.39 is 0 Å². The predicted molar refractivity (Wildman–Crippen MR) is 95.3 cm³/mol. The van der Waals surface area contributed by atoms with Gasteiger partial charge in [0.1, 0.15) is 0 Å². The maximum atomic E-state index is 12.6. The number of urea groups is 1. The summed E-state index contributed by atoms with van der Waals surface area (Å²) in [5.41, 5.74) is 4.59. The van der Waals surface area contributed by atoms with Gasteiger partial charge in [-0.3, -0.25) is 4.68 Å². The summed E-state index contributed by atoms with van der Waals surface area (Å²) in [4.78, 5) is 17.6. The fraction of sp³-hybridized carbons (Fsp3) is 0.333. The highest BCUT2D eigenvalue weighted by Crippen LogP contribution is 2.24. The maximum absolute atomic E-state index is 12.6. The molecule has 0 atom stereocenters. The van der Waals surface area contributed by atoms with Crippen molar-refractivity contribution in [2.45, 2.75) is 33.0 Å². The number of aliphatic hydroxyl groups is 1. The van der Waals surface area contributed by atoms with Crippen molar-refractivity contribution >= 4 is 22.6 Å². The molecule has 7 nitrogen and oxygen atoms in total. The van der Waals surface area contributed by atoms with Gasteiger partial charge in [-0.25, -0.2) is 4.79 Å².